The molecule has 1 rings (SSSR count). The highest BCUT2D eigenvalue weighted by Gasteiger charge is 2.02. The third-order valence-corrected chi connectivity index (χ3v) is 2.00. The van der Waals surface area contributed by atoms with E-state index >= 15 is 0 Å². The molecule has 4 nitrogen and oxygen atoms in total. The number of aliphatic imine (C=N–C) groups is 1. The summed E-state index contributed by atoms with van der Waals surface area (Å²) in [6.07, 6.45) is 0.334. The monoisotopic (exact) mass is 236 g/mol. The van der Waals surface area contributed by atoms with E-state index in [-0.39, 0.29) is 0 Å². The minimum absolute atomic E-state index is 0.334. The fourth-order valence-corrected chi connectivity index (χ4v) is 1.16. The lowest BCUT2D eigenvalue weighted by molar-refractivity contribution is 0.248. The van der Waals surface area contributed by atoms with Crippen molar-refractivity contribution in [3.63, 3.8) is 0 Å². The number of ether oxygens (including phenoxy) is 2. The lowest BCUT2D eigenvalue weighted by Crippen LogP contribution is -2.19. The number of para-hydroxylation sites is 1. The standard InChI is InChI=1S/C13H20N2O2/c1-4-16-13(14-10-11-15(2)3)17-12-8-6-5-7-9-12/h5-9H,4,10-11H2,1-3H3. The Hall–Kier alpha value is -1.55. The number of hydrogen-bond acceptors (Lipinski definition) is 4. The Balaban J connectivity index is 2.53. The molecular weight excluding hydrogens is 216 g/mol. The Morgan fingerprint density at radius 3 is 2.53 bits per heavy atom. The summed E-state index contributed by atoms with van der Waals surface area (Å²) >= 11 is 0. The molecule has 1 aromatic rings. The third-order valence-electron chi connectivity index (χ3n) is 2.00. The molecule has 0 aromatic heterocycles. The van der Waals surface area contributed by atoms with Gasteiger partial charge in [0.25, 0.3) is 0 Å². The van der Waals surface area contributed by atoms with Crippen LogP contribution in [0, 0.1) is 0 Å². The van der Waals surface area contributed by atoms with Crippen LogP contribution in [0.5, 0.6) is 5.75 Å². The van der Waals surface area contributed by atoms with Gasteiger partial charge in [0.2, 0.25) is 0 Å². The van der Waals surface area contributed by atoms with Crippen LogP contribution < -0.4 is 4.74 Å². The van der Waals surface area contributed by atoms with Gasteiger partial charge in [-0.25, -0.2) is 4.99 Å². The van der Waals surface area contributed by atoms with Crippen molar-refractivity contribution in [2.75, 3.05) is 33.8 Å². The van der Waals surface area contributed by atoms with Crippen LogP contribution in [0.25, 0.3) is 0 Å². The van der Waals surface area contributed by atoms with Gasteiger partial charge in [0, 0.05) is 6.54 Å². The summed E-state index contributed by atoms with van der Waals surface area (Å²) in [5.74, 6) is 0.740. The minimum atomic E-state index is 0.334. The van der Waals surface area contributed by atoms with Crippen molar-refractivity contribution in [2.24, 2.45) is 4.99 Å². The third kappa shape index (κ3) is 5.92. The van der Waals surface area contributed by atoms with E-state index in [1.165, 1.54) is 0 Å². The highest BCUT2D eigenvalue weighted by molar-refractivity contribution is 5.69. The molecular formula is C13H20N2O2. The van der Waals surface area contributed by atoms with Crippen LogP contribution in [0.1, 0.15) is 6.92 Å². The molecule has 0 fully saturated rings. The Labute approximate surface area is 103 Å². The molecule has 0 atom stereocenters. The van der Waals surface area contributed by atoms with E-state index in [4.69, 9.17) is 9.47 Å². The maximum atomic E-state index is 5.55. The summed E-state index contributed by atoms with van der Waals surface area (Å²) < 4.78 is 10.9. The second kappa shape index (κ2) is 7.68. The van der Waals surface area contributed by atoms with Crippen LogP contribution in [0.4, 0.5) is 0 Å². The predicted molar refractivity (Wildman–Crippen MR) is 69.6 cm³/mol. The van der Waals surface area contributed by atoms with Gasteiger partial charge in [-0.05, 0) is 33.2 Å². The molecule has 0 aliphatic rings. The molecule has 0 saturated carbocycles. The van der Waals surface area contributed by atoms with Crippen LogP contribution >= 0.6 is 0 Å². The van der Waals surface area contributed by atoms with E-state index in [2.05, 4.69) is 9.89 Å². The van der Waals surface area contributed by atoms with Crippen LogP contribution in [-0.4, -0.2) is 44.8 Å². The summed E-state index contributed by atoms with van der Waals surface area (Å²) in [5, 5.41) is 0. The highest BCUT2D eigenvalue weighted by Crippen LogP contribution is 2.09. The van der Waals surface area contributed by atoms with Gasteiger partial charge in [-0.2, -0.15) is 0 Å². The van der Waals surface area contributed by atoms with Crippen molar-refractivity contribution in [3.8, 4) is 5.75 Å². The van der Waals surface area contributed by atoms with Gasteiger partial charge in [0.15, 0.2) is 0 Å². The van der Waals surface area contributed by atoms with E-state index in [0.717, 1.165) is 12.3 Å². The van der Waals surface area contributed by atoms with Crippen molar-refractivity contribution in [2.45, 2.75) is 6.92 Å². The maximum absolute atomic E-state index is 5.55. The average molecular weight is 236 g/mol. The summed E-state index contributed by atoms with van der Waals surface area (Å²) in [4.78, 5) is 6.34. The molecule has 0 radical (unpaired) electrons. The Kier molecular flexibility index (Phi) is 6.10. The van der Waals surface area contributed by atoms with Crippen molar-refractivity contribution in [1.82, 2.24) is 4.90 Å². The zero-order chi connectivity index (χ0) is 12.5. The van der Waals surface area contributed by atoms with Crippen LogP contribution in [-0.2, 0) is 4.74 Å². The first-order chi connectivity index (χ1) is 8.22. The summed E-state index contributed by atoms with van der Waals surface area (Å²) in [7, 11) is 4.02. The molecule has 4 heteroatoms. The topological polar surface area (TPSA) is 34.1 Å². The first-order valence-corrected chi connectivity index (χ1v) is 5.77. The number of rotatable bonds is 5. The molecule has 0 aliphatic carbocycles. The first kappa shape index (κ1) is 13.5. The van der Waals surface area contributed by atoms with Gasteiger partial charge in [0.05, 0.1) is 13.2 Å². The second-order valence-electron chi connectivity index (χ2n) is 3.80. The fraction of sp³-hybridized carbons (Fsp3) is 0.462. The quantitative estimate of drug-likeness (QED) is 0.579. The smallest absolute Gasteiger partial charge is 0.389 e. The SMILES string of the molecule is CCOC(=NCCN(C)C)Oc1ccccc1. The van der Waals surface area contributed by atoms with Crippen LogP contribution in [0.15, 0.2) is 35.3 Å². The fourth-order valence-electron chi connectivity index (χ4n) is 1.16. The maximum Gasteiger partial charge on any atom is 0.389 e. The summed E-state index contributed by atoms with van der Waals surface area (Å²) in [5.41, 5.74) is 0. The molecule has 17 heavy (non-hydrogen) atoms. The largest absolute Gasteiger partial charge is 0.451 e. The van der Waals surface area contributed by atoms with Crippen molar-refractivity contribution >= 4 is 6.08 Å². The molecule has 0 amide bonds. The van der Waals surface area contributed by atoms with E-state index in [1.54, 1.807) is 0 Å². The van der Waals surface area contributed by atoms with Crippen LogP contribution in [0.3, 0.4) is 0 Å². The number of benzene rings is 1. The Morgan fingerprint density at radius 1 is 1.24 bits per heavy atom. The van der Waals surface area contributed by atoms with E-state index in [9.17, 15) is 0 Å². The van der Waals surface area contributed by atoms with Gasteiger partial charge in [-0.1, -0.05) is 18.2 Å². The summed E-state index contributed by atoms with van der Waals surface area (Å²) in [6.45, 7) is 3.99. The number of nitrogens with zero attached hydrogens (tertiary/aromatic N) is 2. The minimum Gasteiger partial charge on any atom is -0.451 e. The second-order valence-corrected chi connectivity index (χ2v) is 3.80. The van der Waals surface area contributed by atoms with Crippen molar-refractivity contribution in [1.29, 1.82) is 0 Å². The van der Waals surface area contributed by atoms with Crippen molar-refractivity contribution < 1.29 is 9.47 Å². The normalized spacial score (nSPS) is 11.6. The number of hydrogen-bond donors (Lipinski definition) is 0. The molecule has 1 aromatic carbocycles. The molecule has 0 N–H and O–H groups in total. The van der Waals surface area contributed by atoms with Gasteiger partial charge < -0.3 is 14.4 Å². The Bertz CT molecular complexity index is 337. The molecule has 0 saturated heterocycles. The average Bonchev–Trinajstić information content (AvgIpc) is 2.30. The van der Waals surface area contributed by atoms with Gasteiger partial charge in [-0.15, -0.1) is 0 Å². The Morgan fingerprint density at radius 2 is 1.94 bits per heavy atom. The first-order valence-electron chi connectivity index (χ1n) is 5.77. The number of likely N-dealkylation sites (N-methyl/N-ethyl adjacent to an activating group) is 1. The lowest BCUT2D eigenvalue weighted by Gasteiger charge is -2.10. The highest BCUT2D eigenvalue weighted by atomic mass is 16.7. The van der Waals surface area contributed by atoms with E-state index < -0.39 is 0 Å². The van der Waals surface area contributed by atoms with Crippen LogP contribution in [0.2, 0.25) is 0 Å². The van der Waals surface area contributed by atoms with Gasteiger partial charge in [0.1, 0.15) is 5.75 Å². The summed E-state index contributed by atoms with van der Waals surface area (Å²) in [6, 6.07) is 9.52. The lowest BCUT2D eigenvalue weighted by atomic mass is 10.3. The van der Waals surface area contributed by atoms with Gasteiger partial charge in [-0.3, -0.25) is 0 Å². The molecule has 0 unspecified atom stereocenters. The van der Waals surface area contributed by atoms with Gasteiger partial charge >= 0.3 is 6.08 Å². The van der Waals surface area contributed by atoms with E-state index in [0.29, 0.717) is 19.2 Å². The molecule has 0 heterocycles. The zero-order valence-electron chi connectivity index (χ0n) is 10.7. The molecule has 0 aliphatic heterocycles. The molecule has 94 valence electrons. The zero-order valence-corrected chi connectivity index (χ0v) is 10.7. The predicted octanol–water partition coefficient (Wildman–Crippen LogP) is 2.02. The van der Waals surface area contributed by atoms with Crippen molar-refractivity contribution in [3.05, 3.63) is 30.3 Å². The van der Waals surface area contributed by atoms with E-state index in [1.807, 2.05) is 51.4 Å². The molecule has 0 bridgehead atoms. The molecule has 0 spiro atoms.